The number of aliphatic carboxylic acids is 1. The molecular formula is C44H76NO12P. The lowest BCUT2D eigenvalue weighted by atomic mass is 10.0. The Balaban J connectivity index is 4.64. The highest BCUT2D eigenvalue weighted by atomic mass is 31.2. The first-order valence-electron chi connectivity index (χ1n) is 21.5. The highest BCUT2D eigenvalue weighted by Crippen LogP contribution is 2.43. The van der Waals surface area contributed by atoms with Gasteiger partial charge in [-0.15, -0.1) is 0 Å². The number of esters is 2. The SMILES string of the molecule is CC/C=C\C/C=C\CC(O)/C=C/C=C\C=C\C(O)CCCC(=O)OC(COC(=O)CCCCCCCCCCCCCCCCC)COP(=O)(O)OCC(N)C(=O)O. The second kappa shape index (κ2) is 38.3. The number of carbonyl (C=O) groups is 3. The molecule has 5 unspecified atom stereocenters. The molecule has 0 aliphatic heterocycles. The van der Waals surface area contributed by atoms with Crippen LogP contribution in [0.3, 0.4) is 0 Å². The van der Waals surface area contributed by atoms with Gasteiger partial charge in [-0.05, 0) is 38.5 Å². The van der Waals surface area contributed by atoms with Crippen LogP contribution in [0, 0.1) is 0 Å². The predicted octanol–water partition coefficient (Wildman–Crippen LogP) is 9.11. The van der Waals surface area contributed by atoms with Crippen LogP contribution >= 0.6 is 7.82 Å². The van der Waals surface area contributed by atoms with Crippen molar-refractivity contribution in [3.05, 3.63) is 60.8 Å². The van der Waals surface area contributed by atoms with E-state index in [4.69, 9.17) is 24.8 Å². The molecule has 0 fully saturated rings. The van der Waals surface area contributed by atoms with Gasteiger partial charge in [-0.2, -0.15) is 0 Å². The molecule has 6 N–H and O–H groups in total. The number of allylic oxidation sites excluding steroid dienone is 7. The van der Waals surface area contributed by atoms with Gasteiger partial charge in [0.15, 0.2) is 6.10 Å². The van der Waals surface area contributed by atoms with Crippen LogP contribution in [0.15, 0.2) is 60.8 Å². The number of nitrogens with two attached hydrogens (primary N) is 1. The van der Waals surface area contributed by atoms with Crippen molar-refractivity contribution < 1.29 is 57.7 Å². The fourth-order valence-corrected chi connectivity index (χ4v) is 6.32. The zero-order valence-corrected chi connectivity index (χ0v) is 36.2. The van der Waals surface area contributed by atoms with Gasteiger partial charge < -0.3 is 35.4 Å². The zero-order chi connectivity index (χ0) is 43.1. The van der Waals surface area contributed by atoms with E-state index in [1.54, 1.807) is 36.5 Å². The van der Waals surface area contributed by atoms with E-state index in [9.17, 15) is 34.1 Å². The van der Waals surface area contributed by atoms with E-state index in [0.29, 0.717) is 12.8 Å². The Morgan fingerprint density at radius 3 is 1.72 bits per heavy atom. The Labute approximate surface area is 348 Å². The van der Waals surface area contributed by atoms with Gasteiger partial charge in [0.25, 0.3) is 0 Å². The lowest BCUT2D eigenvalue weighted by Crippen LogP contribution is -2.34. The molecule has 13 nitrogen and oxygen atoms in total. The van der Waals surface area contributed by atoms with Crippen molar-refractivity contribution in [2.45, 2.75) is 179 Å². The minimum atomic E-state index is -4.79. The third-order valence-corrected chi connectivity index (χ3v) is 9.92. The van der Waals surface area contributed by atoms with Crippen LogP contribution in [0.25, 0.3) is 0 Å². The van der Waals surface area contributed by atoms with Gasteiger partial charge in [0.05, 0.1) is 25.4 Å². The Bertz CT molecular complexity index is 1250. The number of carboxylic acids is 1. The number of hydrogen-bond donors (Lipinski definition) is 5. The van der Waals surface area contributed by atoms with E-state index in [-0.39, 0.29) is 25.7 Å². The van der Waals surface area contributed by atoms with E-state index in [1.165, 1.54) is 70.6 Å². The van der Waals surface area contributed by atoms with Gasteiger partial charge >= 0.3 is 25.7 Å². The molecule has 0 aromatic rings. The summed E-state index contributed by atoms with van der Waals surface area (Å²) in [6.45, 7) is 2.40. The molecule has 58 heavy (non-hydrogen) atoms. The number of aliphatic hydroxyl groups excluding tert-OH is 2. The number of phosphoric ester groups is 1. The van der Waals surface area contributed by atoms with Crippen molar-refractivity contribution in [2.75, 3.05) is 19.8 Å². The van der Waals surface area contributed by atoms with Crippen LogP contribution in [0.2, 0.25) is 0 Å². The molecule has 0 saturated carbocycles. The maximum atomic E-state index is 12.6. The van der Waals surface area contributed by atoms with Crippen LogP contribution < -0.4 is 5.73 Å². The van der Waals surface area contributed by atoms with E-state index >= 15 is 0 Å². The van der Waals surface area contributed by atoms with Crippen LogP contribution in [-0.4, -0.2) is 82.3 Å². The quantitative estimate of drug-likeness (QED) is 0.0129. The number of rotatable bonds is 39. The topological polar surface area (TPSA) is 212 Å². The molecule has 0 aromatic carbocycles. The number of ether oxygens (including phenoxy) is 2. The first-order chi connectivity index (χ1) is 27.9. The lowest BCUT2D eigenvalue weighted by molar-refractivity contribution is -0.161. The standard InChI is InChI=1S/C44H76NO12P/c1-3-5-7-9-11-12-13-14-15-16-17-18-19-21-27-33-42(48)54-35-40(36-55-58(52,53)56-37-41(45)44(50)51)57-43(49)34-28-32-39(47)31-26-23-22-25-30-38(46)29-24-20-10-8-6-4-2/h6,8,20,22-26,30-31,38-41,46-47H,3-5,7,9-19,21,27-29,32-37,45H2,1-2H3,(H,50,51)(H,52,53)/b8-6-,23-22-,24-20-,30-25+,31-26+. The van der Waals surface area contributed by atoms with Crippen molar-refractivity contribution in [1.29, 1.82) is 0 Å². The monoisotopic (exact) mass is 842 g/mol. The number of unbranched alkanes of at least 4 members (excludes halogenated alkanes) is 14. The summed E-state index contributed by atoms with van der Waals surface area (Å²) < 4.78 is 32.5. The average molecular weight is 842 g/mol. The average Bonchev–Trinajstić information content (AvgIpc) is 3.19. The molecule has 0 spiro atoms. The third-order valence-electron chi connectivity index (χ3n) is 8.97. The van der Waals surface area contributed by atoms with E-state index < -0.39 is 69.9 Å². The smallest absolute Gasteiger partial charge is 0.472 e. The molecule has 5 atom stereocenters. The van der Waals surface area contributed by atoms with Gasteiger partial charge in [-0.1, -0.05) is 164 Å². The summed E-state index contributed by atoms with van der Waals surface area (Å²) >= 11 is 0. The maximum Gasteiger partial charge on any atom is 0.472 e. The summed E-state index contributed by atoms with van der Waals surface area (Å²) in [5.41, 5.74) is 5.31. The molecule has 0 rings (SSSR count). The third kappa shape index (κ3) is 37.4. The Hall–Kier alpha value is -2.90. The molecule has 0 saturated heterocycles. The lowest BCUT2D eigenvalue weighted by Gasteiger charge is -2.20. The molecule has 14 heteroatoms. The number of carbonyl (C=O) groups excluding carboxylic acids is 2. The van der Waals surface area contributed by atoms with Crippen molar-refractivity contribution in [3.63, 3.8) is 0 Å². The first-order valence-corrected chi connectivity index (χ1v) is 23.0. The molecule has 0 aliphatic rings. The van der Waals surface area contributed by atoms with Crippen LogP contribution in [0.5, 0.6) is 0 Å². The molecule has 0 amide bonds. The second-order valence-electron chi connectivity index (χ2n) is 14.5. The van der Waals surface area contributed by atoms with E-state index in [1.807, 2.05) is 12.2 Å². The number of phosphoric acid groups is 1. The van der Waals surface area contributed by atoms with Gasteiger partial charge in [0.1, 0.15) is 12.6 Å². The summed E-state index contributed by atoms with van der Waals surface area (Å²) in [5.74, 6) is -2.66. The second-order valence-corrected chi connectivity index (χ2v) is 16.0. The number of aliphatic hydroxyl groups is 2. The molecule has 0 bridgehead atoms. The summed E-state index contributed by atoms with van der Waals surface area (Å²) in [6, 6.07) is -1.56. The summed E-state index contributed by atoms with van der Waals surface area (Å²) in [5, 5.41) is 29.2. The molecule has 0 aliphatic carbocycles. The first kappa shape index (κ1) is 55.1. The number of carboxylic acid groups (broad SMARTS) is 1. The summed E-state index contributed by atoms with van der Waals surface area (Å²) in [4.78, 5) is 46.0. The maximum absolute atomic E-state index is 12.6. The van der Waals surface area contributed by atoms with E-state index in [2.05, 4.69) is 30.5 Å². The van der Waals surface area contributed by atoms with Crippen LogP contribution in [0.1, 0.15) is 155 Å². The zero-order valence-electron chi connectivity index (χ0n) is 35.3. The van der Waals surface area contributed by atoms with Crippen molar-refractivity contribution >= 4 is 25.7 Å². The molecule has 0 aromatic heterocycles. The highest BCUT2D eigenvalue weighted by molar-refractivity contribution is 7.47. The van der Waals surface area contributed by atoms with Crippen molar-refractivity contribution in [3.8, 4) is 0 Å². The van der Waals surface area contributed by atoms with Gasteiger partial charge in [-0.25, -0.2) is 4.57 Å². The normalized spacial score (nSPS) is 15.4. The molecule has 334 valence electrons. The Kier molecular flexibility index (Phi) is 36.4. The van der Waals surface area contributed by atoms with Crippen LogP contribution in [0.4, 0.5) is 0 Å². The Morgan fingerprint density at radius 2 is 1.16 bits per heavy atom. The minimum Gasteiger partial charge on any atom is -0.480 e. The fraction of sp³-hybridized carbons (Fsp3) is 0.705. The van der Waals surface area contributed by atoms with Crippen molar-refractivity contribution in [2.24, 2.45) is 5.73 Å². The van der Waals surface area contributed by atoms with Gasteiger partial charge in [0, 0.05) is 12.8 Å². The number of hydrogen-bond acceptors (Lipinski definition) is 11. The van der Waals surface area contributed by atoms with Gasteiger partial charge in [-0.3, -0.25) is 23.4 Å². The predicted molar refractivity (Wildman–Crippen MR) is 229 cm³/mol. The highest BCUT2D eigenvalue weighted by Gasteiger charge is 2.28. The molecule has 0 radical (unpaired) electrons. The summed E-state index contributed by atoms with van der Waals surface area (Å²) in [7, 11) is -4.79. The van der Waals surface area contributed by atoms with Crippen LogP contribution in [-0.2, 0) is 37.5 Å². The molecular weight excluding hydrogens is 765 g/mol. The minimum absolute atomic E-state index is 0.102. The summed E-state index contributed by atoms with van der Waals surface area (Å²) in [6.07, 6.45) is 36.3. The van der Waals surface area contributed by atoms with Crippen molar-refractivity contribution in [1.82, 2.24) is 0 Å². The molecule has 0 heterocycles. The fourth-order valence-electron chi connectivity index (χ4n) is 5.54. The van der Waals surface area contributed by atoms with Gasteiger partial charge in [0.2, 0.25) is 0 Å². The Morgan fingerprint density at radius 1 is 0.638 bits per heavy atom. The van der Waals surface area contributed by atoms with E-state index in [0.717, 1.165) is 32.1 Å². The largest absolute Gasteiger partial charge is 0.480 e.